The molecule has 1 amide bonds. The Morgan fingerprint density at radius 3 is 2.62 bits per heavy atom. The Morgan fingerprint density at radius 1 is 1.19 bits per heavy atom. The van der Waals surface area contributed by atoms with Crippen LogP contribution in [0.2, 0.25) is 0 Å². The number of amides is 1. The van der Waals surface area contributed by atoms with Crippen LogP contribution in [-0.2, 0) is 10.0 Å². The van der Waals surface area contributed by atoms with E-state index < -0.39 is 21.9 Å². The van der Waals surface area contributed by atoms with Crippen molar-refractivity contribution in [2.45, 2.75) is 29.9 Å². The van der Waals surface area contributed by atoms with E-state index in [0.29, 0.717) is 0 Å². The lowest BCUT2D eigenvalue weighted by atomic mass is 10.1. The molecule has 1 saturated carbocycles. The maximum absolute atomic E-state index is 13.2. The number of rotatable bonds is 7. The molecule has 2 aromatic carbocycles. The number of nitrogens with one attached hydrogen (secondary N) is 2. The van der Waals surface area contributed by atoms with Crippen molar-refractivity contribution in [1.29, 1.82) is 0 Å². The highest BCUT2D eigenvalue weighted by Gasteiger charge is 2.24. The van der Waals surface area contributed by atoms with Crippen molar-refractivity contribution < 1.29 is 22.7 Å². The molecule has 6 nitrogen and oxygen atoms in total. The van der Waals surface area contributed by atoms with Crippen LogP contribution in [-0.4, -0.2) is 32.0 Å². The highest BCUT2D eigenvalue weighted by molar-refractivity contribution is 7.89. The number of hydrogen-bond acceptors (Lipinski definition) is 4. The van der Waals surface area contributed by atoms with E-state index >= 15 is 0 Å². The minimum atomic E-state index is -3.93. The SMILES string of the molecule is O=C(NC1CC1)c1cccc(S(=O)(=O)NC[C@@H](O)c2cccc(F)c2)c1. The first kappa shape index (κ1) is 18.5. The molecule has 1 fully saturated rings. The summed E-state index contributed by atoms with van der Waals surface area (Å²) in [6.07, 6.45) is 0.675. The molecule has 0 radical (unpaired) electrons. The summed E-state index contributed by atoms with van der Waals surface area (Å²) < 4.78 is 40.3. The molecule has 2 aromatic rings. The standard InChI is InChI=1S/C18H19FN2O4S/c19-14-5-1-3-12(9-14)17(22)11-20-26(24,25)16-6-2-4-13(10-16)18(23)21-15-7-8-15/h1-6,9-10,15,17,20,22H,7-8,11H2,(H,21,23)/t17-/m1/s1. The number of benzene rings is 2. The summed E-state index contributed by atoms with van der Waals surface area (Å²) in [5.41, 5.74) is 0.524. The van der Waals surface area contributed by atoms with Crippen molar-refractivity contribution in [3.05, 3.63) is 65.5 Å². The largest absolute Gasteiger partial charge is 0.387 e. The molecule has 3 rings (SSSR count). The number of sulfonamides is 1. The van der Waals surface area contributed by atoms with Crippen LogP contribution < -0.4 is 10.0 Å². The fourth-order valence-corrected chi connectivity index (χ4v) is 3.49. The van der Waals surface area contributed by atoms with Gasteiger partial charge in [-0.15, -0.1) is 0 Å². The Hall–Kier alpha value is -2.29. The second-order valence-corrected chi connectivity index (χ2v) is 7.97. The molecule has 0 bridgehead atoms. The lowest BCUT2D eigenvalue weighted by Crippen LogP contribution is -2.29. The molecule has 0 aliphatic heterocycles. The lowest BCUT2D eigenvalue weighted by molar-refractivity contribution is 0.0951. The van der Waals surface area contributed by atoms with Crippen molar-refractivity contribution in [1.82, 2.24) is 10.0 Å². The molecule has 3 N–H and O–H groups in total. The third-order valence-corrected chi connectivity index (χ3v) is 5.44. The summed E-state index contributed by atoms with van der Waals surface area (Å²) >= 11 is 0. The van der Waals surface area contributed by atoms with Crippen molar-refractivity contribution in [3.8, 4) is 0 Å². The van der Waals surface area contributed by atoms with E-state index in [0.717, 1.165) is 18.9 Å². The molecule has 0 heterocycles. The fourth-order valence-electron chi connectivity index (χ4n) is 2.40. The fraction of sp³-hybridized carbons (Fsp3) is 0.278. The van der Waals surface area contributed by atoms with Gasteiger partial charge < -0.3 is 10.4 Å². The Morgan fingerprint density at radius 2 is 1.92 bits per heavy atom. The number of halogens is 1. The molecule has 1 atom stereocenters. The number of carbonyl (C=O) groups is 1. The number of aliphatic hydroxyl groups excluding tert-OH is 1. The number of aliphatic hydroxyl groups is 1. The van der Waals surface area contributed by atoms with Gasteiger partial charge in [-0.1, -0.05) is 18.2 Å². The maximum Gasteiger partial charge on any atom is 0.251 e. The van der Waals surface area contributed by atoms with E-state index in [-0.39, 0.29) is 34.5 Å². The zero-order valence-electron chi connectivity index (χ0n) is 13.9. The van der Waals surface area contributed by atoms with Gasteiger partial charge in [0, 0.05) is 18.2 Å². The Bertz CT molecular complexity index is 913. The van der Waals surface area contributed by atoms with E-state index in [4.69, 9.17) is 0 Å². The third-order valence-electron chi connectivity index (χ3n) is 4.02. The van der Waals surface area contributed by atoms with Crippen LogP contribution in [0, 0.1) is 5.82 Å². The summed E-state index contributed by atoms with van der Waals surface area (Å²) in [7, 11) is -3.93. The van der Waals surface area contributed by atoms with Gasteiger partial charge in [-0.3, -0.25) is 4.79 Å². The second-order valence-electron chi connectivity index (χ2n) is 6.20. The van der Waals surface area contributed by atoms with Gasteiger partial charge in [0.05, 0.1) is 11.0 Å². The molecule has 26 heavy (non-hydrogen) atoms. The highest BCUT2D eigenvalue weighted by atomic mass is 32.2. The summed E-state index contributed by atoms with van der Waals surface area (Å²) in [5.74, 6) is -0.830. The number of carbonyl (C=O) groups excluding carboxylic acids is 1. The molecular weight excluding hydrogens is 359 g/mol. The van der Waals surface area contributed by atoms with Crippen molar-refractivity contribution in [3.63, 3.8) is 0 Å². The van der Waals surface area contributed by atoms with Crippen LogP contribution in [0.4, 0.5) is 4.39 Å². The van der Waals surface area contributed by atoms with Crippen LogP contribution in [0.1, 0.15) is 34.9 Å². The van der Waals surface area contributed by atoms with Gasteiger partial charge in [-0.25, -0.2) is 17.5 Å². The number of hydrogen-bond donors (Lipinski definition) is 3. The summed E-state index contributed by atoms with van der Waals surface area (Å²) in [5, 5.41) is 12.8. The molecule has 138 valence electrons. The zero-order valence-corrected chi connectivity index (χ0v) is 14.7. The quantitative estimate of drug-likeness (QED) is 0.684. The smallest absolute Gasteiger partial charge is 0.251 e. The molecule has 0 unspecified atom stereocenters. The molecule has 8 heteroatoms. The minimum absolute atomic E-state index is 0.0765. The molecular formula is C18H19FN2O4S. The summed E-state index contributed by atoms with van der Waals surface area (Å²) in [6.45, 7) is -0.315. The molecule has 0 saturated heterocycles. The first-order chi connectivity index (χ1) is 12.3. The van der Waals surface area contributed by atoms with Gasteiger partial charge in [0.2, 0.25) is 10.0 Å². The van der Waals surface area contributed by atoms with Gasteiger partial charge in [0.15, 0.2) is 0 Å². The summed E-state index contributed by atoms with van der Waals surface area (Å²) in [4.78, 5) is 12.0. The van der Waals surface area contributed by atoms with E-state index in [1.165, 1.54) is 36.4 Å². The van der Waals surface area contributed by atoms with Crippen LogP contribution in [0.25, 0.3) is 0 Å². The normalized spacial score (nSPS) is 15.5. The van der Waals surface area contributed by atoms with Crippen LogP contribution in [0.15, 0.2) is 53.4 Å². The van der Waals surface area contributed by atoms with Gasteiger partial charge in [-0.2, -0.15) is 0 Å². The van der Waals surface area contributed by atoms with Gasteiger partial charge in [0.1, 0.15) is 5.82 Å². The van der Waals surface area contributed by atoms with Gasteiger partial charge in [-0.05, 0) is 48.7 Å². The molecule has 0 spiro atoms. The van der Waals surface area contributed by atoms with Crippen molar-refractivity contribution in [2.24, 2.45) is 0 Å². The molecule has 1 aliphatic rings. The average molecular weight is 378 g/mol. The molecule has 0 aromatic heterocycles. The van der Waals surface area contributed by atoms with Crippen LogP contribution >= 0.6 is 0 Å². The topological polar surface area (TPSA) is 95.5 Å². The van der Waals surface area contributed by atoms with E-state index in [9.17, 15) is 22.7 Å². The first-order valence-corrected chi connectivity index (χ1v) is 9.67. The zero-order chi connectivity index (χ0) is 18.7. The van der Waals surface area contributed by atoms with E-state index in [1.807, 2.05) is 0 Å². The van der Waals surface area contributed by atoms with E-state index in [1.54, 1.807) is 6.07 Å². The Labute approximate surface area is 151 Å². The predicted octanol–water partition coefficient (Wildman–Crippen LogP) is 1.73. The van der Waals surface area contributed by atoms with Crippen LogP contribution in [0.5, 0.6) is 0 Å². The van der Waals surface area contributed by atoms with Gasteiger partial charge in [0.25, 0.3) is 5.91 Å². The van der Waals surface area contributed by atoms with E-state index in [2.05, 4.69) is 10.0 Å². The molecule has 1 aliphatic carbocycles. The highest BCUT2D eigenvalue weighted by Crippen LogP contribution is 2.20. The maximum atomic E-state index is 13.2. The second kappa shape index (κ2) is 7.53. The van der Waals surface area contributed by atoms with Gasteiger partial charge >= 0.3 is 0 Å². The van der Waals surface area contributed by atoms with Crippen LogP contribution in [0.3, 0.4) is 0 Å². The third kappa shape index (κ3) is 4.66. The van der Waals surface area contributed by atoms with Crippen molar-refractivity contribution >= 4 is 15.9 Å². The lowest BCUT2D eigenvalue weighted by Gasteiger charge is -2.13. The average Bonchev–Trinajstić information content (AvgIpc) is 3.44. The Balaban J connectivity index is 1.68. The van der Waals surface area contributed by atoms with Crippen molar-refractivity contribution in [2.75, 3.05) is 6.54 Å². The Kier molecular flexibility index (Phi) is 5.36. The predicted molar refractivity (Wildman–Crippen MR) is 93.5 cm³/mol. The summed E-state index contributed by atoms with van der Waals surface area (Å²) in [6, 6.07) is 11.2. The first-order valence-electron chi connectivity index (χ1n) is 8.19. The minimum Gasteiger partial charge on any atom is -0.387 e. The monoisotopic (exact) mass is 378 g/mol.